The molecule has 0 bridgehead atoms. The fourth-order valence-corrected chi connectivity index (χ4v) is 8.50. The Balaban J connectivity index is 1.20. The number of benzene rings is 11. The number of nitrogens with zero attached hydrogens (tertiary/aromatic N) is 1. The first-order chi connectivity index (χ1) is 32.6. The highest BCUT2D eigenvalue weighted by atomic mass is 15.1. The average molecular weight is 758 g/mol. The molecule has 0 fully saturated rings. The largest absolute Gasteiger partial charge is 0.310 e. The van der Waals surface area contributed by atoms with E-state index in [1.807, 2.05) is 140 Å². The van der Waals surface area contributed by atoms with Crippen LogP contribution < -0.4 is 4.90 Å². The minimum Gasteiger partial charge on any atom is -0.310 e. The zero-order valence-electron chi connectivity index (χ0n) is 39.8. The van der Waals surface area contributed by atoms with Crippen molar-refractivity contribution in [2.45, 2.75) is 0 Å². The Bertz CT molecular complexity index is 3760. The van der Waals surface area contributed by atoms with Crippen LogP contribution in [0, 0.1) is 0 Å². The summed E-state index contributed by atoms with van der Waals surface area (Å²) in [5.74, 6) is 0. The first-order valence-electron chi connectivity index (χ1n) is 23.7. The topological polar surface area (TPSA) is 3.24 Å². The molecule has 0 N–H and O–H groups in total. The van der Waals surface area contributed by atoms with E-state index < -0.39 is 12.1 Å². The molecule has 0 atom stereocenters. The number of fused-ring (bicyclic) bond motifs is 5. The summed E-state index contributed by atoms with van der Waals surface area (Å²) in [6.07, 6.45) is 0. The third-order valence-electron chi connectivity index (χ3n) is 11.2. The van der Waals surface area contributed by atoms with Gasteiger partial charge in [0, 0.05) is 16.8 Å². The van der Waals surface area contributed by atoms with Crippen molar-refractivity contribution in [2.75, 3.05) is 4.90 Å². The first kappa shape index (κ1) is 27.0. The van der Waals surface area contributed by atoms with Crippen molar-refractivity contribution in [1.82, 2.24) is 0 Å². The molecule has 59 heavy (non-hydrogen) atoms. The van der Waals surface area contributed by atoms with Crippen LogP contribution in [0.25, 0.3) is 87.6 Å². The molecule has 11 aromatic carbocycles. The second-order valence-corrected chi connectivity index (χ2v) is 14.6. The highest BCUT2D eigenvalue weighted by Crippen LogP contribution is 2.46. The van der Waals surface area contributed by atoms with Gasteiger partial charge in [-0.15, -0.1) is 0 Å². The van der Waals surface area contributed by atoms with Crippen LogP contribution in [-0.2, 0) is 0 Å². The lowest BCUT2D eigenvalue weighted by Crippen LogP contribution is -2.10. The molecule has 0 amide bonds. The summed E-state index contributed by atoms with van der Waals surface area (Å²) in [7, 11) is 0. The van der Waals surface area contributed by atoms with Crippen molar-refractivity contribution >= 4 is 60.2 Å². The fourth-order valence-electron chi connectivity index (χ4n) is 8.50. The van der Waals surface area contributed by atoms with E-state index in [1.165, 1.54) is 4.90 Å². The molecule has 276 valence electrons. The second kappa shape index (κ2) is 14.6. The Morgan fingerprint density at radius 2 is 0.881 bits per heavy atom. The first-order valence-corrected chi connectivity index (χ1v) is 19.7. The maximum absolute atomic E-state index is 9.92. The fraction of sp³-hybridized carbons (Fsp3) is 0. The molecule has 0 heterocycles. The Morgan fingerprint density at radius 3 is 1.61 bits per heavy atom. The zero-order chi connectivity index (χ0) is 46.1. The Hall–Kier alpha value is -7.74. The van der Waals surface area contributed by atoms with Crippen molar-refractivity contribution in [3.8, 4) is 44.5 Å². The van der Waals surface area contributed by atoms with E-state index in [-0.39, 0.29) is 58.8 Å². The summed E-state index contributed by atoms with van der Waals surface area (Å²) in [4.78, 5) is 1.44. The molecule has 0 aromatic heterocycles. The van der Waals surface area contributed by atoms with Gasteiger partial charge in [-0.1, -0.05) is 200 Å². The van der Waals surface area contributed by atoms with Crippen LogP contribution in [-0.4, -0.2) is 0 Å². The number of anilines is 3. The van der Waals surface area contributed by atoms with E-state index in [0.717, 1.165) is 60.0 Å². The minimum absolute atomic E-state index is 0.100. The molecule has 0 aliphatic rings. The monoisotopic (exact) mass is 757 g/mol. The van der Waals surface area contributed by atoms with Gasteiger partial charge in [0.25, 0.3) is 0 Å². The summed E-state index contributed by atoms with van der Waals surface area (Å²) in [6.45, 7) is 0. The van der Waals surface area contributed by atoms with Gasteiger partial charge in [0.05, 0.1) is 16.7 Å². The van der Waals surface area contributed by atoms with E-state index in [1.54, 1.807) is 12.1 Å². The molecular formula is C58H39N. The molecule has 0 saturated carbocycles. The van der Waals surface area contributed by atoms with Crippen molar-refractivity contribution in [1.29, 1.82) is 0 Å². The molecule has 0 unspecified atom stereocenters. The summed E-state index contributed by atoms with van der Waals surface area (Å²) in [6, 6.07) is 57.9. The quantitative estimate of drug-likeness (QED) is 0.146. The van der Waals surface area contributed by atoms with Gasteiger partial charge in [0.2, 0.25) is 0 Å². The van der Waals surface area contributed by atoms with Crippen LogP contribution in [0.2, 0.25) is 0 Å². The van der Waals surface area contributed by atoms with Crippen molar-refractivity contribution < 1.29 is 11.0 Å². The van der Waals surface area contributed by atoms with Crippen molar-refractivity contribution in [3.05, 3.63) is 236 Å². The van der Waals surface area contributed by atoms with Crippen molar-refractivity contribution in [2.24, 2.45) is 0 Å². The van der Waals surface area contributed by atoms with Gasteiger partial charge in [-0.25, -0.2) is 0 Å². The van der Waals surface area contributed by atoms with E-state index in [9.17, 15) is 11.0 Å². The molecule has 1 heteroatoms. The van der Waals surface area contributed by atoms with Gasteiger partial charge >= 0.3 is 0 Å². The van der Waals surface area contributed by atoms with E-state index >= 15 is 0 Å². The van der Waals surface area contributed by atoms with Crippen LogP contribution in [0.15, 0.2) is 236 Å². The summed E-state index contributed by atoms with van der Waals surface area (Å²) in [5, 5.41) is 7.08. The molecule has 0 saturated heterocycles. The lowest BCUT2D eigenvalue weighted by molar-refractivity contribution is 1.30. The molecule has 0 radical (unpaired) electrons. The van der Waals surface area contributed by atoms with Crippen LogP contribution in [0.4, 0.5) is 17.1 Å². The standard InChI is InChI=1S/C58H39N/c1-3-18-43(19-4-1)57-54-29-12-11-28-52(54)53-37-34-45(39-55(53)58(57)44-20-5-2-6-21-44)40-32-35-47(36-33-40)59(56-31-15-23-42-17-8-10-27-51(42)56)48-25-13-24-46(38-48)50-30-14-22-41-16-7-9-26-49(41)50/h1-39H/i13D,24D,25D,32D,33D,35D,36D,38D. The molecule has 11 aromatic rings. The van der Waals surface area contributed by atoms with Gasteiger partial charge in [-0.05, 0) is 119 Å². The maximum atomic E-state index is 9.92. The normalized spacial score (nSPS) is 13.3. The lowest BCUT2D eigenvalue weighted by Gasteiger charge is -2.27. The SMILES string of the molecule is [2H]c1c([2H])c(-c2cccc3ccccc23)c([2H])c(N(c2c([2H])c([2H])c(-c3ccc4c(c3)c(-c3ccccc3)c(-c3ccccc3)c3ccccc34)c([2H])c2[2H])c2cccc3ccccc23)c1[2H]. The predicted octanol–water partition coefficient (Wildman–Crippen LogP) is 16.4. The average Bonchev–Trinajstić information content (AvgIpc) is 3.37. The van der Waals surface area contributed by atoms with Crippen LogP contribution in [0.1, 0.15) is 11.0 Å². The molecule has 0 aliphatic heterocycles. The lowest BCUT2D eigenvalue weighted by atomic mass is 9.84. The maximum Gasteiger partial charge on any atom is 0.0651 e. The Kier molecular flexibility index (Phi) is 6.70. The van der Waals surface area contributed by atoms with Crippen LogP contribution in [0.3, 0.4) is 0 Å². The summed E-state index contributed by atoms with van der Waals surface area (Å²) < 4.78 is 77.2. The number of rotatable bonds is 7. The third-order valence-corrected chi connectivity index (χ3v) is 11.2. The van der Waals surface area contributed by atoms with E-state index in [0.29, 0.717) is 22.2 Å². The molecule has 0 spiro atoms. The summed E-state index contributed by atoms with van der Waals surface area (Å²) in [5.41, 5.74) is 5.38. The minimum atomic E-state index is -0.447. The number of hydrogen-bond acceptors (Lipinski definition) is 1. The number of hydrogen-bond donors (Lipinski definition) is 0. The molecule has 11 rings (SSSR count). The molecule has 0 aliphatic carbocycles. The van der Waals surface area contributed by atoms with Gasteiger partial charge in [0.1, 0.15) is 0 Å². The van der Waals surface area contributed by atoms with Gasteiger partial charge in [-0.2, -0.15) is 0 Å². The predicted molar refractivity (Wildman–Crippen MR) is 253 cm³/mol. The van der Waals surface area contributed by atoms with Crippen molar-refractivity contribution in [3.63, 3.8) is 0 Å². The van der Waals surface area contributed by atoms with E-state index in [2.05, 4.69) is 36.4 Å². The molecule has 1 nitrogen and oxygen atoms in total. The summed E-state index contributed by atoms with van der Waals surface area (Å²) >= 11 is 0. The Morgan fingerprint density at radius 1 is 0.322 bits per heavy atom. The second-order valence-electron chi connectivity index (χ2n) is 14.6. The smallest absolute Gasteiger partial charge is 0.0651 e. The molecular weight excluding hydrogens is 711 g/mol. The highest BCUT2D eigenvalue weighted by Gasteiger charge is 2.20. The van der Waals surface area contributed by atoms with Crippen LogP contribution >= 0.6 is 0 Å². The van der Waals surface area contributed by atoms with Gasteiger partial charge < -0.3 is 4.90 Å². The zero-order valence-corrected chi connectivity index (χ0v) is 31.8. The van der Waals surface area contributed by atoms with Gasteiger partial charge in [0.15, 0.2) is 0 Å². The highest BCUT2D eigenvalue weighted by molar-refractivity contribution is 6.22. The third kappa shape index (κ3) is 6.12. The van der Waals surface area contributed by atoms with Crippen LogP contribution in [0.5, 0.6) is 0 Å². The Labute approximate surface area is 356 Å². The van der Waals surface area contributed by atoms with E-state index in [4.69, 9.17) is 0 Å². The van der Waals surface area contributed by atoms with Gasteiger partial charge in [-0.3, -0.25) is 0 Å².